The number of ether oxygens (including phenoxy) is 1. The fourth-order valence-electron chi connectivity index (χ4n) is 2.67. The summed E-state index contributed by atoms with van der Waals surface area (Å²) in [5, 5.41) is -0.237. The van der Waals surface area contributed by atoms with Gasteiger partial charge < -0.3 is 19.0 Å². The van der Waals surface area contributed by atoms with E-state index in [1.807, 2.05) is 0 Å². The molecule has 1 aromatic rings. The maximum Gasteiger partial charge on any atom is 0.289 e. The molecule has 0 atom stereocenters. The van der Waals surface area contributed by atoms with E-state index in [2.05, 4.69) is 0 Å². The highest BCUT2D eigenvalue weighted by atomic mass is 32.2. The average Bonchev–Trinajstić information content (AvgIpc) is 3.13. The van der Waals surface area contributed by atoms with Gasteiger partial charge in [0.25, 0.3) is 15.9 Å². The van der Waals surface area contributed by atoms with Crippen LogP contribution < -0.4 is 0 Å². The topological polar surface area (TPSA) is 100 Å². The first-order chi connectivity index (χ1) is 11.5. The number of morpholine rings is 1. The Labute approximate surface area is 139 Å². The number of furan rings is 1. The first kappa shape index (κ1) is 16.9. The Bertz CT molecular complexity index is 702. The van der Waals surface area contributed by atoms with E-state index in [0.29, 0.717) is 39.4 Å². The molecule has 0 spiro atoms. The van der Waals surface area contributed by atoms with E-state index in [0.717, 1.165) is 6.41 Å². The van der Waals surface area contributed by atoms with Gasteiger partial charge in [-0.1, -0.05) is 0 Å². The molecule has 3 heterocycles. The molecule has 1 aromatic heterocycles. The summed E-state index contributed by atoms with van der Waals surface area (Å²) in [4.78, 5) is 26.2. The smallest absolute Gasteiger partial charge is 0.289 e. The van der Waals surface area contributed by atoms with Crippen molar-refractivity contribution in [3.63, 3.8) is 0 Å². The molecule has 2 saturated heterocycles. The predicted octanol–water partition coefficient (Wildman–Crippen LogP) is -0.785. The van der Waals surface area contributed by atoms with Gasteiger partial charge in [0, 0.05) is 39.3 Å². The lowest BCUT2D eigenvalue weighted by atomic mass is 10.3. The van der Waals surface area contributed by atoms with Gasteiger partial charge in [0.05, 0.1) is 13.2 Å². The molecule has 0 bridgehead atoms. The van der Waals surface area contributed by atoms with Crippen molar-refractivity contribution in [2.24, 2.45) is 0 Å². The van der Waals surface area contributed by atoms with Crippen LogP contribution >= 0.6 is 0 Å². The second-order valence-electron chi connectivity index (χ2n) is 5.57. The summed E-state index contributed by atoms with van der Waals surface area (Å²) in [6.07, 6.45) is 0.752. The first-order valence-electron chi connectivity index (χ1n) is 7.69. The number of rotatable bonds is 4. The van der Waals surface area contributed by atoms with Gasteiger partial charge >= 0.3 is 0 Å². The highest BCUT2D eigenvalue weighted by molar-refractivity contribution is 7.89. The van der Waals surface area contributed by atoms with Crippen molar-refractivity contribution in [2.45, 2.75) is 5.09 Å². The monoisotopic (exact) mass is 357 g/mol. The highest BCUT2D eigenvalue weighted by Gasteiger charge is 2.31. The zero-order valence-electron chi connectivity index (χ0n) is 13.1. The number of amides is 2. The van der Waals surface area contributed by atoms with Crippen LogP contribution in [0, 0.1) is 0 Å². The molecule has 0 aromatic carbocycles. The average molecular weight is 357 g/mol. The molecule has 2 aliphatic rings. The Kier molecular flexibility index (Phi) is 4.88. The molecule has 0 radical (unpaired) electrons. The highest BCUT2D eigenvalue weighted by Crippen LogP contribution is 2.21. The van der Waals surface area contributed by atoms with Crippen LogP contribution in [0.4, 0.5) is 0 Å². The van der Waals surface area contributed by atoms with Crippen molar-refractivity contribution in [1.29, 1.82) is 0 Å². The molecule has 9 nitrogen and oxygen atoms in total. The Morgan fingerprint density at radius 1 is 1.04 bits per heavy atom. The van der Waals surface area contributed by atoms with Crippen molar-refractivity contribution < 1.29 is 27.2 Å². The summed E-state index contributed by atoms with van der Waals surface area (Å²) in [6, 6.07) is 2.68. The van der Waals surface area contributed by atoms with Crippen molar-refractivity contribution in [1.82, 2.24) is 14.1 Å². The SMILES string of the molecule is O=CN1CCN(C(=O)c2ccc(S(=O)(=O)N3CCOCC3)o2)CC1. The molecule has 0 saturated carbocycles. The van der Waals surface area contributed by atoms with Gasteiger partial charge in [0.15, 0.2) is 5.76 Å². The van der Waals surface area contributed by atoms with E-state index in [4.69, 9.17) is 9.15 Å². The Morgan fingerprint density at radius 3 is 2.33 bits per heavy atom. The molecule has 0 N–H and O–H groups in total. The lowest BCUT2D eigenvalue weighted by Crippen LogP contribution is -2.48. The molecule has 10 heteroatoms. The maximum atomic E-state index is 12.5. The van der Waals surface area contributed by atoms with Crippen LogP contribution in [0.3, 0.4) is 0 Å². The Balaban J connectivity index is 1.71. The van der Waals surface area contributed by atoms with Crippen molar-refractivity contribution in [3.8, 4) is 0 Å². The van der Waals surface area contributed by atoms with E-state index < -0.39 is 10.0 Å². The lowest BCUT2D eigenvalue weighted by Gasteiger charge is -2.31. The molecule has 132 valence electrons. The van der Waals surface area contributed by atoms with Gasteiger partial charge in [-0.25, -0.2) is 8.42 Å². The molecular formula is C14H19N3O6S. The third kappa shape index (κ3) is 3.30. The largest absolute Gasteiger partial charge is 0.438 e. The van der Waals surface area contributed by atoms with E-state index in [1.165, 1.54) is 16.4 Å². The lowest BCUT2D eigenvalue weighted by molar-refractivity contribution is -0.119. The van der Waals surface area contributed by atoms with Gasteiger partial charge in [0.2, 0.25) is 11.5 Å². The normalized spacial score (nSPS) is 20.2. The minimum absolute atomic E-state index is 0.0126. The summed E-state index contributed by atoms with van der Waals surface area (Å²) >= 11 is 0. The quantitative estimate of drug-likeness (QED) is 0.655. The molecule has 3 rings (SSSR count). The van der Waals surface area contributed by atoms with Crippen molar-refractivity contribution in [2.75, 3.05) is 52.5 Å². The van der Waals surface area contributed by atoms with Crippen LogP contribution in [0.1, 0.15) is 10.6 Å². The van der Waals surface area contributed by atoms with Gasteiger partial charge in [0.1, 0.15) is 0 Å². The standard InChI is InChI=1S/C14H19N3O6S/c18-11-15-3-5-16(6-4-15)14(19)12-1-2-13(23-12)24(20,21)17-7-9-22-10-8-17/h1-2,11H,3-10H2. The third-order valence-corrected chi connectivity index (χ3v) is 5.88. The molecule has 0 unspecified atom stereocenters. The Morgan fingerprint density at radius 2 is 1.71 bits per heavy atom. The Hall–Kier alpha value is -1.91. The zero-order valence-corrected chi connectivity index (χ0v) is 13.9. The number of carbonyl (C=O) groups is 2. The van der Waals surface area contributed by atoms with E-state index in [1.54, 1.807) is 9.80 Å². The second kappa shape index (κ2) is 6.91. The number of sulfonamides is 1. The fourth-order valence-corrected chi connectivity index (χ4v) is 3.99. The van der Waals surface area contributed by atoms with Crippen LogP contribution in [0.5, 0.6) is 0 Å². The van der Waals surface area contributed by atoms with Crippen LogP contribution in [-0.2, 0) is 19.6 Å². The molecule has 24 heavy (non-hydrogen) atoms. The second-order valence-corrected chi connectivity index (χ2v) is 7.44. The third-order valence-electron chi connectivity index (χ3n) is 4.11. The van der Waals surface area contributed by atoms with Gasteiger partial charge in [-0.15, -0.1) is 0 Å². The molecule has 2 fully saturated rings. The van der Waals surface area contributed by atoms with Gasteiger partial charge in [-0.3, -0.25) is 9.59 Å². The van der Waals surface area contributed by atoms with Crippen LogP contribution in [0.25, 0.3) is 0 Å². The molecule has 2 amide bonds. The van der Waals surface area contributed by atoms with E-state index >= 15 is 0 Å². The number of hydrogen-bond donors (Lipinski definition) is 0. The number of piperazine rings is 1. The summed E-state index contributed by atoms with van der Waals surface area (Å²) in [5.74, 6) is -0.384. The predicted molar refractivity (Wildman–Crippen MR) is 81.8 cm³/mol. The zero-order chi connectivity index (χ0) is 17.2. The van der Waals surface area contributed by atoms with E-state index in [9.17, 15) is 18.0 Å². The van der Waals surface area contributed by atoms with Gasteiger partial charge in [-0.2, -0.15) is 4.31 Å². The van der Waals surface area contributed by atoms with Crippen LogP contribution in [0.2, 0.25) is 0 Å². The van der Waals surface area contributed by atoms with Crippen molar-refractivity contribution >= 4 is 22.3 Å². The van der Waals surface area contributed by atoms with Crippen LogP contribution in [0.15, 0.2) is 21.6 Å². The minimum atomic E-state index is -3.76. The summed E-state index contributed by atoms with van der Waals surface area (Å²) < 4.78 is 36.7. The van der Waals surface area contributed by atoms with Crippen molar-refractivity contribution in [3.05, 3.63) is 17.9 Å². The van der Waals surface area contributed by atoms with E-state index in [-0.39, 0.29) is 29.8 Å². The fraction of sp³-hybridized carbons (Fsp3) is 0.571. The molecule has 0 aliphatic carbocycles. The number of hydrogen-bond acceptors (Lipinski definition) is 6. The summed E-state index contributed by atoms with van der Waals surface area (Å²) in [7, 11) is -3.76. The van der Waals surface area contributed by atoms with Gasteiger partial charge in [-0.05, 0) is 12.1 Å². The number of carbonyl (C=O) groups excluding carboxylic acids is 2. The summed E-state index contributed by atoms with van der Waals surface area (Å²) in [6.45, 7) is 2.90. The molecular weight excluding hydrogens is 338 g/mol. The van der Waals surface area contributed by atoms with Crippen LogP contribution in [-0.4, -0.2) is 87.3 Å². The minimum Gasteiger partial charge on any atom is -0.438 e. The maximum absolute atomic E-state index is 12.5. The first-order valence-corrected chi connectivity index (χ1v) is 9.13. The summed E-state index contributed by atoms with van der Waals surface area (Å²) in [5.41, 5.74) is 0. The molecule has 2 aliphatic heterocycles. The number of nitrogens with zero attached hydrogens (tertiary/aromatic N) is 3.